The maximum Gasteiger partial charge on any atom is 0.332 e. The largest absolute Gasteiger partial charge is 0.463 e. The van der Waals surface area contributed by atoms with E-state index in [0.29, 0.717) is 0 Å². The highest BCUT2D eigenvalue weighted by molar-refractivity contribution is 7.17. The SMILES string of the molecule is CC(C)Cn1c(N)c(-c2nc(-c3ccco3)c(C(=O)c3cc(F)ccc3F)s2)c(=O)n(C)c1=O. The van der Waals surface area contributed by atoms with Crippen molar-refractivity contribution >= 4 is 22.9 Å². The number of carbonyl (C=O) groups is 1. The van der Waals surface area contributed by atoms with E-state index in [1.54, 1.807) is 12.1 Å². The summed E-state index contributed by atoms with van der Waals surface area (Å²) >= 11 is 0.780. The quantitative estimate of drug-likeness (QED) is 0.416. The fourth-order valence-electron chi connectivity index (χ4n) is 3.48. The number of benzene rings is 1. The monoisotopic (exact) mass is 486 g/mol. The van der Waals surface area contributed by atoms with E-state index in [-0.39, 0.29) is 45.2 Å². The molecule has 0 saturated heterocycles. The van der Waals surface area contributed by atoms with Gasteiger partial charge in [0, 0.05) is 13.6 Å². The predicted molar refractivity (Wildman–Crippen MR) is 124 cm³/mol. The number of ketones is 1. The lowest BCUT2D eigenvalue weighted by molar-refractivity contribution is 0.103. The molecular formula is C23H20F2N4O4S. The van der Waals surface area contributed by atoms with Crippen molar-refractivity contribution in [2.24, 2.45) is 13.0 Å². The van der Waals surface area contributed by atoms with Crippen molar-refractivity contribution in [3.8, 4) is 22.0 Å². The number of nitrogens with two attached hydrogens (primary N) is 1. The van der Waals surface area contributed by atoms with Crippen molar-refractivity contribution in [2.75, 3.05) is 5.73 Å². The molecule has 0 aliphatic rings. The van der Waals surface area contributed by atoms with Gasteiger partial charge in [-0.05, 0) is 36.2 Å². The molecule has 0 atom stereocenters. The minimum Gasteiger partial charge on any atom is -0.463 e. The summed E-state index contributed by atoms with van der Waals surface area (Å²) in [5, 5.41) is 0.0437. The zero-order valence-electron chi connectivity index (χ0n) is 18.5. The van der Waals surface area contributed by atoms with Crippen LogP contribution in [0.25, 0.3) is 22.0 Å². The first-order valence-electron chi connectivity index (χ1n) is 10.2. The van der Waals surface area contributed by atoms with Crippen molar-refractivity contribution in [1.29, 1.82) is 0 Å². The van der Waals surface area contributed by atoms with Crippen molar-refractivity contribution in [3.05, 3.63) is 79.5 Å². The number of thiazole rings is 1. The van der Waals surface area contributed by atoms with Gasteiger partial charge in [0.1, 0.15) is 38.6 Å². The van der Waals surface area contributed by atoms with Gasteiger partial charge in [-0.2, -0.15) is 0 Å². The predicted octanol–water partition coefficient (Wildman–Crippen LogP) is 3.68. The molecule has 4 rings (SSSR count). The summed E-state index contributed by atoms with van der Waals surface area (Å²) in [6, 6.07) is 5.66. The smallest absolute Gasteiger partial charge is 0.332 e. The Morgan fingerprint density at radius 1 is 1.24 bits per heavy atom. The standard InChI is InChI=1S/C23H20F2N4O4S/c1-11(2)10-29-20(26)16(22(31)28(3)23(29)32)21-27-17(15-5-4-8-33-15)19(34-21)18(30)13-9-12(24)6-7-14(13)25/h4-9,11H,10,26H2,1-3H3. The zero-order chi connectivity index (χ0) is 24.7. The van der Waals surface area contributed by atoms with Gasteiger partial charge >= 0.3 is 5.69 Å². The second kappa shape index (κ2) is 8.82. The van der Waals surface area contributed by atoms with Crippen molar-refractivity contribution < 1.29 is 18.0 Å². The number of hydrogen-bond acceptors (Lipinski definition) is 7. The molecule has 2 N–H and O–H groups in total. The number of rotatable bonds is 6. The highest BCUT2D eigenvalue weighted by Gasteiger charge is 2.28. The molecule has 1 aromatic carbocycles. The van der Waals surface area contributed by atoms with E-state index in [9.17, 15) is 23.2 Å². The Kier molecular flexibility index (Phi) is 6.05. The Balaban J connectivity index is 1.98. The highest BCUT2D eigenvalue weighted by Crippen LogP contribution is 2.36. The van der Waals surface area contributed by atoms with E-state index >= 15 is 0 Å². The Morgan fingerprint density at radius 2 is 1.97 bits per heavy atom. The first kappa shape index (κ1) is 23.3. The van der Waals surface area contributed by atoms with Crippen LogP contribution in [0.4, 0.5) is 14.6 Å². The summed E-state index contributed by atoms with van der Waals surface area (Å²) in [6.07, 6.45) is 1.36. The maximum absolute atomic E-state index is 14.4. The number of aromatic nitrogens is 3. The number of carbonyl (C=O) groups excluding carboxylic acids is 1. The second-order valence-corrected chi connectivity index (χ2v) is 9.04. The molecule has 3 aromatic heterocycles. The fraction of sp³-hybridized carbons (Fsp3) is 0.217. The first-order chi connectivity index (χ1) is 16.1. The normalized spacial score (nSPS) is 11.4. The van der Waals surface area contributed by atoms with E-state index < -0.39 is 34.2 Å². The van der Waals surface area contributed by atoms with E-state index in [1.165, 1.54) is 17.9 Å². The molecule has 8 nitrogen and oxygen atoms in total. The van der Waals surface area contributed by atoms with Gasteiger partial charge in [0.05, 0.1) is 11.8 Å². The number of anilines is 1. The summed E-state index contributed by atoms with van der Waals surface area (Å²) in [4.78, 5) is 43.2. The van der Waals surface area contributed by atoms with Gasteiger partial charge in [0.25, 0.3) is 5.56 Å². The Morgan fingerprint density at radius 3 is 2.62 bits per heavy atom. The van der Waals surface area contributed by atoms with E-state index in [2.05, 4.69) is 4.98 Å². The molecule has 0 saturated carbocycles. The summed E-state index contributed by atoms with van der Waals surface area (Å²) in [7, 11) is 1.32. The molecular weight excluding hydrogens is 466 g/mol. The third-order valence-corrected chi connectivity index (χ3v) is 6.18. The molecule has 0 aliphatic heterocycles. The Bertz CT molecular complexity index is 1520. The van der Waals surface area contributed by atoms with Crippen LogP contribution in [-0.4, -0.2) is 19.9 Å². The number of nitrogen functional groups attached to an aromatic ring is 1. The molecule has 4 aromatic rings. The number of nitrogens with zero attached hydrogens (tertiary/aromatic N) is 3. The van der Waals surface area contributed by atoms with Gasteiger partial charge in [-0.25, -0.2) is 18.6 Å². The van der Waals surface area contributed by atoms with E-state index in [0.717, 1.165) is 34.1 Å². The molecule has 0 radical (unpaired) electrons. The molecule has 11 heteroatoms. The molecule has 0 spiro atoms. The van der Waals surface area contributed by atoms with Gasteiger partial charge < -0.3 is 10.2 Å². The van der Waals surface area contributed by atoms with Crippen molar-refractivity contribution in [2.45, 2.75) is 20.4 Å². The fourth-order valence-corrected chi connectivity index (χ4v) is 4.55. The van der Waals surface area contributed by atoms with Crippen LogP contribution in [0.15, 0.2) is 50.6 Å². The van der Waals surface area contributed by atoms with Gasteiger partial charge in [-0.3, -0.25) is 18.7 Å². The average Bonchev–Trinajstić information content (AvgIpc) is 3.46. The molecule has 176 valence electrons. The second-order valence-electron chi connectivity index (χ2n) is 8.04. The summed E-state index contributed by atoms with van der Waals surface area (Å²) in [5.74, 6) is -2.39. The van der Waals surface area contributed by atoms with Gasteiger partial charge in [0.15, 0.2) is 5.76 Å². The molecule has 3 heterocycles. The third kappa shape index (κ3) is 3.98. The lowest BCUT2D eigenvalue weighted by atomic mass is 10.1. The molecule has 0 aliphatic carbocycles. The molecule has 0 fully saturated rings. The Hall–Kier alpha value is -3.86. The van der Waals surface area contributed by atoms with Crippen LogP contribution < -0.4 is 17.0 Å². The van der Waals surface area contributed by atoms with Crippen LogP contribution in [0, 0.1) is 17.6 Å². The van der Waals surface area contributed by atoms with Gasteiger partial charge in [0.2, 0.25) is 5.78 Å². The van der Waals surface area contributed by atoms with Crippen LogP contribution >= 0.6 is 11.3 Å². The first-order valence-corrected chi connectivity index (χ1v) is 11.1. The lowest BCUT2D eigenvalue weighted by Gasteiger charge is -2.15. The summed E-state index contributed by atoms with van der Waals surface area (Å²) in [6.45, 7) is 4.03. The maximum atomic E-state index is 14.4. The van der Waals surface area contributed by atoms with Gasteiger partial charge in [-0.15, -0.1) is 11.3 Å². The molecule has 34 heavy (non-hydrogen) atoms. The lowest BCUT2D eigenvalue weighted by Crippen LogP contribution is -2.41. The number of furan rings is 1. The molecule has 0 bridgehead atoms. The van der Waals surface area contributed by atoms with Crippen molar-refractivity contribution in [3.63, 3.8) is 0 Å². The molecule has 0 amide bonds. The summed E-state index contributed by atoms with van der Waals surface area (Å²) in [5.41, 5.74) is 4.44. The topological polar surface area (TPSA) is 113 Å². The van der Waals surface area contributed by atoms with Crippen LogP contribution in [0.2, 0.25) is 0 Å². The highest BCUT2D eigenvalue weighted by atomic mass is 32.1. The van der Waals surface area contributed by atoms with Crippen LogP contribution in [0.3, 0.4) is 0 Å². The van der Waals surface area contributed by atoms with Crippen LogP contribution in [-0.2, 0) is 13.6 Å². The van der Waals surface area contributed by atoms with Crippen LogP contribution in [0.1, 0.15) is 29.1 Å². The number of hydrogen-bond donors (Lipinski definition) is 1. The molecule has 0 unspecified atom stereocenters. The van der Waals surface area contributed by atoms with E-state index in [1.807, 2.05) is 13.8 Å². The van der Waals surface area contributed by atoms with E-state index in [4.69, 9.17) is 10.2 Å². The summed E-state index contributed by atoms with van der Waals surface area (Å²) < 4.78 is 35.7. The van der Waals surface area contributed by atoms with Gasteiger partial charge in [-0.1, -0.05) is 13.8 Å². The minimum atomic E-state index is -0.910. The number of halogens is 2. The zero-order valence-corrected chi connectivity index (χ0v) is 19.3. The minimum absolute atomic E-state index is 0.0433. The average molecular weight is 487 g/mol. The van der Waals surface area contributed by atoms with Crippen LogP contribution in [0.5, 0.6) is 0 Å². The Labute approximate surface area is 195 Å². The van der Waals surface area contributed by atoms with Crippen molar-refractivity contribution in [1.82, 2.24) is 14.1 Å². The third-order valence-electron chi connectivity index (χ3n) is 5.11.